The van der Waals surface area contributed by atoms with E-state index in [2.05, 4.69) is 10.3 Å². The third-order valence-electron chi connectivity index (χ3n) is 3.85. The number of likely N-dealkylation sites (tertiary alicyclic amines) is 1. The summed E-state index contributed by atoms with van der Waals surface area (Å²) in [6, 6.07) is 6.43. The molecule has 6 heteroatoms. The first-order chi connectivity index (χ1) is 10.6. The molecule has 1 aliphatic rings. The standard InChI is InChI=1S/C16H18FN3OS/c1-3-18-16-19-10(2)14(22-16)15(21)20-9-8-13(20)11-4-6-12(17)7-5-11/h4-7,13H,3,8-9H2,1-2H3,(H,18,19). The Morgan fingerprint density at radius 3 is 2.77 bits per heavy atom. The lowest BCUT2D eigenvalue weighted by Gasteiger charge is -2.41. The van der Waals surface area contributed by atoms with Crippen molar-refractivity contribution in [2.24, 2.45) is 0 Å². The van der Waals surface area contributed by atoms with Gasteiger partial charge in [-0.3, -0.25) is 4.79 Å². The molecule has 4 nitrogen and oxygen atoms in total. The summed E-state index contributed by atoms with van der Waals surface area (Å²) < 4.78 is 13.0. The maximum absolute atomic E-state index is 13.0. The predicted octanol–water partition coefficient (Wildman–Crippen LogP) is 3.61. The number of aryl methyl sites for hydroxylation is 1. The van der Waals surface area contributed by atoms with Crippen LogP contribution in [0.4, 0.5) is 9.52 Å². The normalized spacial score (nSPS) is 17.2. The molecule has 1 fully saturated rings. The average Bonchev–Trinajstić information content (AvgIpc) is 2.81. The Balaban J connectivity index is 1.79. The summed E-state index contributed by atoms with van der Waals surface area (Å²) in [7, 11) is 0. The minimum absolute atomic E-state index is 0.0136. The molecule has 0 aliphatic carbocycles. The van der Waals surface area contributed by atoms with Gasteiger partial charge in [0.05, 0.1) is 11.7 Å². The molecule has 0 bridgehead atoms. The van der Waals surface area contributed by atoms with Crippen LogP contribution in [0.5, 0.6) is 0 Å². The fourth-order valence-electron chi connectivity index (χ4n) is 2.61. The van der Waals surface area contributed by atoms with E-state index in [1.807, 2.05) is 18.7 Å². The zero-order valence-corrected chi connectivity index (χ0v) is 13.4. The Bertz CT molecular complexity index is 683. The molecule has 2 heterocycles. The zero-order chi connectivity index (χ0) is 15.7. The van der Waals surface area contributed by atoms with Crippen LogP contribution in [0.3, 0.4) is 0 Å². The zero-order valence-electron chi connectivity index (χ0n) is 12.6. The van der Waals surface area contributed by atoms with Crippen LogP contribution >= 0.6 is 11.3 Å². The van der Waals surface area contributed by atoms with Crippen molar-refractivity contribution in [1.29, 1.82) is 0 Å². The van der Waals surface area contributed by atoms with Gasteiger partial charge >= 0.3 is 0 Å². The molecule has 1 aromatic carbocycles. The number of carbonyl (C=O) groups is 1. The van der Waals surface area contributed by atoms with Gasteiger partial charge in [0.15, 0.2) is 5.13 Å². The van der Waals surface area contributed by atoms with Gasteiger partial charge in [0.2, 0.25) is 0 Å². The van der Waals surface area contributed by atoms with Gasteiger partial charge in [-0.05, 0) is 38.0 Å². The third kappa shape index (κ3) is 2.70. The van der Waals surface area contributed by atoms with Crippen molar-refractivity contribution in [1.82, 2.24) is 9.88 Å². The van der Waals surface area contributed by atoms with Gasteiger partial charge in [-0.1, -0.05) is 23.5 Å². The fourth-order valence-corrected chi connectivity index (χ4v) is 3.60. The number of anilines is 1. The smallest absolute Gasteiger partial charge is 0.266 e. The lowest BCUT2D eigenvalue weighted by atomic mass is 9.94. The highest BCUT2D eigenvalue weighted by Crippen LogP contribution is 2.36. The van der Waals surface area contributed by atoms with Gasteiger partial charge < -0.3 is 10.2 Å². The molecule has 2 aromatic rings. The van der Waals surface area contributed by atoms with Gasteiger partial charge in [-0.25, -0.2) is 9.37 Å². The number of halogens is 1. The molecule has 1 aliphatic heterocycles. The molecule has 0 radical (unpaired) electrons. The topological polar surface area (TPSA) is 45.2 Å². The first-order valence-electron chi connectivity index (χ1n) is 7.38. The van der Waals surface area contributed by atoms with E-state index in [0.29, 0.717) is 4.88 Å². The molecule has 0 spiro atoms. The number of rotatable bonds is 4. The van der Waals surface area contributed by atoms with Gasteiger partial charge in [0.1, 0.15) is 10.7 Å². The Hall–Kier alpha value is -1.95. The maximum Gasteiger partial charge on any atom is 0.266 e. The molecular weight excluding hydrogens is 301 g/mol. The number of hydrogen-bond acceptors (Lipinski definition) is 4. The van der Waals surface area contributed by atoms with Crippen LogP contribution in [0.15, 0.2) is 24.3 Å². The second-order valence-electron chi connectivity index (χ2n) is 5.32. The number of benzene rings is 1. The highest BCUT2D eigenvalue weighted by atomic mass is 32.1. The van der Waals surface area contributed by atoms with Crippen LogP contribution in [0.25, 0.3) is 0 Å². The summed E-state index contributed by atoms with van der Waals surface area (Å²) >= 11 is 1.40. The average molecular weight is 319 g/mol. The lowest BCUT2D eigenvalue weighted by molar-refractivity contribution is 0.0464. The lowest BCUT2D eigenvalue weighted by Crippen LogP contribution is -2.45. The Morgan fingerprint density at radius 2 is 2.18 bits per heavy atom. The summed E-state index contributed by atoms with van der Waals surface area (Å²) in [4.78, 5) is 19.6. The van der Waals surface area contributed by atoms with E-state index in [-0.39, 0.29) is 17.8 Å². The van der Waals surface area contributed by atoms with E-state index >= 15 is 0 Å². The second kappa shape index (κ2) is 6.04. The Kier molecular flexibility index (Phi) is 4.11. The largest absolute Gasteiger partial charge is 0.362 e. The van der Waals surface area contributed by atoms with Crippen LogP contribution in [0, 0.1) is 12.7 Å². The first-order valence-corrected chi connectivity index (χ1v) is 8.19. The molecule has 116 valence electrons. The molecule has 1 aromatic heterocycles. The predicted molar refractivity (Wildman–Crippen MR) is 85.8 cm³/mol. The molecule has 1 saturated heterocycles. The van der Waals surface area contributed by atoms with E-state index in [1.165, 1.54) is 23.5 Å². The summed E-state index contributed by atoms with van der Waals surface area (Å²) in [5, 5.41) is 3.92. The van der Waals surface area contributed by atoms with Gasteiger partial charge in [0, 0.05) is 13.1 Å². The highest BCUT2D eigenvalue weighted by molar-refractivity contribution is 7.17. The molecule has 1 atom stereocenters. The molecule has 1 unspecified atom stereocenters. The van der Waals surface area contributed by atoms with Crippen molar-refractivity contribution < 1.29 is 9.18 Å². The molecule has 0 saturated carbocycles. The monoisotopic (exact) mass is 319 g/mol. The quantitative estimate of drug-likeness (QED) is 0.936. The number of aromatic nitrogens is 1. The van der Waals surface area contributed by atoms with Gasteiger partial charge in [-0.15, -0.1) is 0 Å². The second-order valence-corrected chi connectivity index (χ2v) is 6.32. The summed E-state index contributed by atoms with van der Waals surface area (Å²) in [6.45, 7) is 5.37. The van der Waals surface area contributed by atoms with Gasteiger partial charge in [0.25, 0.3) is 5.91 Å². The fraction of sp³-hybridized carbons (Fsp3) is 0.375. The van der Waals surface area contributed by atoms with Crippen LogP contribution in [0.2, 0.25) is 0 Å². The summed E-state index contributed by atoms with van der Waals surface area (Å²) in [6.07, 6.45) is 0.912. The minimum atomic E-state index is -0.255. The van der Waals surface area contributed by atoms with Crippen molar-refractivity contribution >= 4 is 22.4 Å². The van der Waals surface area contributed by atoms with Crippen LogP contribution in [0.1, 0.15) is 40.3 Å². The number of thiazole rings is 1. The summed E-state index contributed by atoms with van der Waals surface area (Å²) in [5.74, 6) is -0.241. The minimum Gasteiger partial charge on any atom is -0.362 e. The number of carbonyl (C=O) groups excluding carboxylic acids is 1. The van der Waals surface area contributed by atoms with Crippen molar-refractivity contribution in [3.05, 3.63) is 46.2 Å². The number of amides is 1. The van der Waals surface area contributed by atoms with Crippen molar-refractivity contribution in [3.8, 4) is 0 Å². The van der Waals surface area contributed by atoms with Crippen LogP contribution < -0.4 is 5.32 Å². The first kappa shape index (κ1) is 15.0. The summed E-state index contributed by atoms with van der Waals surface area (Å²) in [5.41, 5.74) is 1.74. The van der Waals surface area contributed by atoms with E-state index < -0.39 is 0 Å². The molecule has 1 amide bonds. The Morgan fingerprint density at radius 1 is 1.45 bits per heavy atom. The highest BCUT2D eigenvalue weighted by Gasteiger charge is 2.35. The van der Waals surface area contributed by atoms with E-state index in [9.17, 15) is 9.18 Å². The molecule has 1 N–H and O–H groups in total. The SMILES string of the molecule is CCNc1nc(C)c(C(=O)N2CCC2c2ccc(F)cc2)s1. The van der Waals surface area contributed by atoms with E-state index in [4.69, 9.17) is 0 Å². The molecule has 22 heavy (non-hydrogen) atoms. The van der Waals surface area contributed by atoms with Crippen molar-refractivity contribution in [2.45, 2.75) is 26.3 Å². The Labute approximate surface area is 133 Å². The van der Waals surface area contributed by atoms with Crippen LogP contribution in [-0.2, 0) is 0 Å². The molecular formula is C16H18FN3OS. The van der Waals surface area contributed by atoms with Gasteiger partial charge in [-0.2, -0.15) is 0 Å². The third-order valence-corrected chi connectivity index (χ3v) is 4.96. The van der Waals surface area contributed by atoms with E-state index in [0.717, 1.165) is 35.9 Å². The maximum atomic E-state index is 13.0. The number of hydrogen-bond donors (Lipinski definition) is 1. The van der Waals surface area contributed by atoms with Crippen LogP contribution in [-0.4, -0.2) is 28.9 Å². The number of nitrogens with one attached hydrogen (secondary N) is 1. The number of nitrogens with zero attached hydrogens (tertiary/aromatic N) is 2. The van der Waals surface area contributed by atoms with E-state index in [1.54, 1.807) is 12.1 Å². The van der Waals surface area contributed by atoms with Crippen molar-refractivity contribution in [2.75, 3.05) is 18.4 Å². The van der Waals surface area contributed by atoms with Crippen molar-refractivity contribution in [3.63, 3.8) is 0 Å². The molecule has 3 rings (SSSR count).